The van der Waals surface area contributed by atoms with Gasteiger partial charge in [0, 0.05) is 13.2 Å². The van der Waals surface area contributed by atoms with Gasteiger partial charge in [0.2, 0.25) is 5.91 Å². The molecule has 0 bridgehead atoms. The van der Waals surface area contributed by atoms with E-state index in [1.54, 1.807) is 75.4 Å². The average Bonchev–Trinajstić information content (AvgIpc) is 2.87. The van der Waals surface area contributed by atoms with Crippen molar-refractivity contribution in [2.24, 2.45) is 0 Å². The maximum Gasteiger partial charge on any atom is 0.408 e. The third-order valence-corrected chi connectivity index (χ3v) is 5.10. The van der Waals surface area contributed by atoms with Gasteiger partial charge in [-0.1, -0.05) is 60.7 Å². The lowest BCUT2D eigenvalue weighted by molar-refractivity contribution is -0.138. The van der Waals surface area contributed by atoms with Gasteiger partial charge in [-0.15, -0.1) is 0 Å². The summed E-state index contributed by atoms with van der Waals surface area (Å²) in [6.07, 6.45) is -0.830. The minimum Gasteiger partial charge on any atom is -0.445 e. The molecular formula is C27H35N3O7. The molecule has 0 radical (unpaired) electrons. The largest absolute Gasteiger partial charge is 0.445 e. The van der Waals surface area contributed by atoms with Crippen LogP contribution in [0.2, 0.25) is 0 Å². The predicted molar refractivity (Wildman–Crippen MR) is 136 cm³/mol. The molecule has 3 amide bonds. The average molecular weight is 514 g/mol. The molecule has 0 spiro atoms. The SMILES string of the molecule is CC(C)(C)OC(=O)NCC(NC(=O)OCc1ccccc1)C(=O)N(CCCO)C(C=O)c1ccccc1. The third-order valence-electron chi connectivity index (χ3n) is 5.10. The highest BCUT2D eigenvalue weighted by Gasteiger charge is 2.32. The summed E-state index contributed by atoms with van der Waals surface area (Å²) in [5.74, 6) is -0.637. The van der Waals surface area contributed by atoms with E-state index in [4.69, 9.17) is 9.47 Å². The molecule has 3 N–H and O–H groups in total. The lowest BCUT2D eigenvalue weighted by Gasteiger charge is -2.32. The summed E-state index contributed by atoms with van der Waals surface area (Å²) in [6.45, 7) is 4.57. The minimum absolute atomic E-state index is 0.0255. The number of amides is 3. The van der Waals surface area contributed by atoms with E-state index in [-0.39, 0.29) is 32.7 Å². The minimum atomic E-state index is -1.28. The van der Waals surface area contributed by atoms with Gasteiger partial charge in [-0.2, -0.15) is 0 Å². The smallest absolute Gasteiger partial charge is 0.408 e. The highest BCUT2D eigenvalue weighted by Crippen LogP contribution is 2.20. The van der Waals surface area contributed by atoms with Crippen molar-refractivity contribution in [3.8, 4) is 0 Å². The number of carbonyl (C=O) groups excluding carboxylic acids is 4. The van der Waals surface area contributed by atoms with E-state index in [1.165, 1.54) is 4.90 Å². The van der Waals surface area contributed by atoms with Gasteiger partial charge in [-0.05, 0) is 38.3 Å². The molecule has 0 fully saturated rings. The van der Waals surface area contributed by atoms with Crippen LogP contribution in [-0.4, -0.2) is 65.7 Å². The molecule has 2 atom stereocenters. The number of hydrogen-bond donors (Lipinski definition) is 3. The van der Waals surface area contributed by atoms with Gasteiger partial charge in [-0.25, -0.2) is 9.59 Å². The van der Waals surface area contributed by atoms with Crippen LogP contribution in [0.5, 0.6) is 0 Å². The molecule has 10 nitrogen and oxygen atoms in total. The van der Waals surface area contributed by atoms with E-state index in [0.717, 1.165) is 5.56 Å². The Morgan fingerprint density at radius 2 is 1.62 bits per heavy atom. The second-order valence-electron chi connectivity index (χ2n) is 9.24. The number of aliphatic hydroxyl groups excluding tert-OH is 1. The van der Waals surface area contributed by atoms with Crippen molar-refractivity contribution in [3.05, 3.63) is 71.8 Å². The molecule has 37 heavy (non-hydrogen) atoms. The molecule has 2 aromatic carbocycles. The molecule has 0 saturated heterocycles. The summed E-state index contributed by atoms with van der Waals surface area (Å²) in [5, 5.41) is 14.4. The van der Waals surface area contributed by atoms with Gasteiger partial charge in [0.05, 0.1) is 6.54 Å². The topological polar surface area (TPSA) is 134 Å². The zero-order valence-electron chi connectivity index (χ0n) is 21.4. The molecule has 0 aliphatic rings. The number of hydrogen-bond acceptors (Lipinski definition) is 7. The fraction of sp³-hybridized carbons (Fsp3) is 0.407. The lowest BCUT2D eigenvalue weighted by atomic mass is 10.0. The van der Waals surface area contributed by atoms with Crippen molar-refractivity contribution >= 4 is 24.4 Å². The van der Waals surface area contributed by atoms with Crippen molar-refractivity contribution in [2.75, 3.05) is 19.7 Å². The quantitative estimate of drug-likeness (QED) is 0.372. The first kappa shape index (κ1) is 29.3. The lowest BCUT2D eigenvalue weighted by Crippen LogP contribution is -2.55. The van der Waals surface area contributed by atoms with Crippen molar-refractivity contribution in [1.82, 2.24) is 15.5 Å². The molecule has 2 aromatic rings. The van der Waals surface area contributed by atoms with Gasteiger partial charge in [0.1, 0.15) is 30.6 Å². The van der Waals surface area contributed by atoms with E-state index in [9.17, 15) is 24.3 Å². The number of carbonyl (C=O) groups is 4. The second kappa shape index (κ2) is 14.6. The van der Waals surface area contributed by atoms with E-state index < -0.39 is 35.8 Å². The Bertz CT molecular complexity index is 1010. The number of nitrogens with one attached hydrogen (secondary N) is 2. The van der Waals surface area contributed by atoms with Crippen LogP contribution in [0.25, 0.3) is 0 Å². The maximum absolute atomic E-state index is 13.7. The van der Waals surface area contributed by atoms with Crippen LogP contribution in [-0.2, 0) is 25.7 Å². The second-order valence-corrected chi connectivity index (χ2v) is 9.24. The van der Waals surface area contributed by atoms with Crippen molar-refractivity contribution in [3.63, 3.8) is 0 Å². The number of aliphatic hydroxyl groups is 1. The normalized spacial score (nSPS) is 12.5. The molecule has 0 aliphatic carbocycles. The number of rotatable bonds is 12. The highest BCUT2D eigenvalue weighted by atomic mass is 16.6. The Morgan fingerprint density at radius 3 is 2.19 bits per heavy atom. The molecule has 2 rings (SSSR count). The van der Waals surface area contributed by atoms with Crippen LogP contribution in [0, 0.1) is 0 Å². The third kappa shape index (κ3) is 10.3. The van der Waals surface area contributed by atoms with E-state index >= 15 is 0 Å². The van der Waals surface area contributed by atoms with Crippen molar-refractivity contribution < 1.29 is 33.8 Å². The van der Waals surface area contributed by atoms with Gasteiger partial charge < -0.3 is 34.9 Å². The van der Waals surface area contributed by atoms with Crippen molar-refractivity contribution in [1.29, 1.82) is 0 Å². The standard InChI is InChI=1S/C27H35N3O7/c1-27(2,3)37-25(34)28-17-22(29-26(35)36-19-20-11-6-4-7-12-20)24(33)30(15-10-16-31)23(18-32)21-13-8-5-9-14-21/h4-9,11-14,18,22-23,31H,10,15-17,19H2,1-3H3,(H,28,34)(H,29,35). The van der Waals surface area contributed by atoms with Gasteiger partial charge in [-0.3, -0.25) is 4.79 Å². The Hall–Kier alpha value is -3.92. The van der Waals surface area contributed by atoms with Gasteiger partial charge >= 0.3 is 12.2 Å². The van der Waals surface area contributed by atoms with Crippen LogP contribution < -0.4 is 10.6 Å². The highest BCUT2D eigenvalue weighted by molar-refractivity contribution is 5.88. The number of ether oxygens (including phenoxy) is 2. The fourth-order valence-electron chi connectivity index (χ4n) is 3.42. The molecule has 0 aliphatic heterocycles. The van der Waals surface area contributed by atoms with Crippen LogP contribution in [0.15, 0.2) is 60.7 Å². The Morgan fingerprint density at radius 1 is 1.00 bits per heavy atom. The van der Waals surface area contributed by atoms with Crippen molar-refractivity contribution in [2.45, 2.75) is 51.5 Å². The summed E-state index contributed by atoms with van der Waals surface area (Å²) in [5.41, 5.74) is 0.547. The number of benzene rings is 2. The Labute approximate surface area is 216 Å². The summed E-state index contributed by atoms with van der Waals surface area (Å²) in [4.78, 5) is 51.8. The predicted octanol–water partition coefficient (Wildman–Crippen LogP) is 2.96. The maximum atomic E-state index is 13.7. The number of nitrogens with zero attached hydrogens (tertiary/aromatic N) is 1. The first-order chi connectivity index (χ1) is 17.6. The van der Waals surface area contributed by atoms with E-state index in [0.29, 0.717) is 11.8 Å². The Balaban J connectivity index is 2.24. The van der Waals surface area contributed by atoms with Gasteiger partial charge in [0.15, 0.2) is 0 Å². The first-order valence-corrected chi connectivity index (χ1v) is 12.0. The molecule has 0 aromatic heterocycles. The molecule has 10 heteroatoms. The zero-order chi connectivity index (χ0) is 27.3. The fourth-order valence-corrected chi connectivity index (χ4v) is 3.42. The zero-order valence-corrected chi connectivity index (χ0v) is 21.4. The molecular weight excluding hydrogens is 478 g/mol. The van der Waals surface area contributed by atoms with Crippen LogP contribution in [0.4, 0.5) is 9.59 Å². The summed E-state index contributed by atoms with van der Waals surface area (Å²) >= 11 is 0. The van der Waals surface area contributed by atoms with E-state index in [1.807, 2.05) is 6.07 Å². The molecule has 0 saturated carbocycles. The molecule has 0 heterocycles. The van der Waals surface area contributed by atoms with Crippen LogP contribution in [0.3, 0.4) is 0 Å². The number of alkyl carbamates (subject to hydrolysis) is 2. The number of aldehydes is 1. The first-order valence-electron chi connectivity index (χ1n) is 12.0. The van der Waals surface area contributed by atoms with Crippen LogP contribution in [0.1, 0.15) is 44.4 Å². The van der Waals surface area contributed by atoms with Crippen LogP contribution >= 0.6 is 0 Å². The summed E-state index contributed by atoms with van der Waals surface area (Å²) in [6, 6.07) is 15.4. The Kier molecular flexibility index (Phi) is 11.6. The van der Waals surface area contributed by atoms with E-state index in [2.05, 4.69) is 10.6 Å². The summed E-state index contributed by atoms with van der Waals surface area (Å²) in [7, 11) is 0. The molecule has 2 unspecified atom stereocenters. The summed E-state index contributed by atoms with van der Waals surface area (Å²) < 4.78 is 10.5. The molecule has 200 valence electrons. The monoisotopic (exact) mass is 513 g/mol. The van der Waals surface area contributed by atoms with Gasteiger partial charge in [0.25, 0.3) is 0 Å².